The maximum Gasteiger partial charge on any atom is 0.276 e. The Morgan fingerprint density at radius 3 is 2.83 bits per heavy atom. The van der Waals surface area contributed by atoms with Crippen LogP contribution in [-0.2, 0) is 16.1 Å². The van der Waals surface area contributed by atoms with Crippen LogP contribution < -0.4 is 5.32 Å². The lowest BCUT2D eigenvalue weighted by molar-refractivity contribution is -0.136. The number of imide groups is 1. The Balaban J connectivity index is 1.09. The fourth-order valence-corrected chi connectivity index (χ4v) is 7.65. The van der Waals surface area contributed by atoms with E-state index in [1.807, 2.05) is 11.0 Å². The van der Waals surface area contributed by atoms with Crippen LogP contribution in [-0.4, -0.2) is 67.6 Å². The number of rotatable bonds is 3. The molecule has 2 aromatic rings. The molecule has 1 aromatic carbocycles. The summed E-state index contributed by atoms with van der Waals surface area (Å²) in [6.07, 6.45) is 6.10. The van der Waals surface area contributed by atoms with Gasteiger partial charge in [-0.2, -0.15) is 0 Å². The van der Waals surface area contributed by atoms with E-state index in [1.54, 1.807) is 23.0 Å². The first kappa shape index (κ1) is 21.7. The van der Waals surface area contributed by atoms with Crippen molar-refractivity contribution in [3.63, 3.8) is 0 Å². The molecule has 10 heteroatoms. The van der Waals surface area contributed by atoms with Gasteiger partial charge in [-0.05, 0) is 72.6 Å². The maximum atomic E-state index is 13.3. The van der Waals surface area contributed by atoms with E-state index in [9.17, 15) is 19.2 Å². The van der Waals surface area contributed by atoms with Crippen molar-refractivity contribution in [3.05, 3.63) is 41.2 Å². The van der Waals surface area contributed by atoms with Crippen LogP contribution in [0.1, 0.15) is 65.4 Å². The van der Waals surface area contributed by atoms with Gasteiger partial charge in [0.05, 0.1) is 11.9 Å². The van der Waals surface area contributed by atoms with Crippen LogP contribution in [0.15, 0.2) is 24.4 Å². The van der Waals surface area contributed by atoms with Crippen molar-refractivity contribution in [1.82, 2.24) is 30.1 Å². The Morgan fingerprint density at radius 1 is 1.17 bits per heavy atom. The first-order valence-electron chi connectivity index (χ1n) is 12.8. The number of amides is 4. The molecule has 0 spiro atoms. The molecule has 0 radical (unpaired) electrons. The number of hydrogen-bond donors (Lipinski definition) is 1. The van der Waals surface area contributed by atoms with Gasteiger partial charge < -0.3 is 9.80 Å². The largest absolute Gasteiger partial charge is 0.336 e. The SMILES string of the molecule is C[C@]12CN(C(=O)c3cn(-c4ccc5c(c4)CN(C4CCC(=O)NC4=O)C5=O)nn3)C[C@H]1[C@H]1CC[C@@H]2C1. The third kappa shape index (κ3) is 3.02. The first-order valence-corrected chi connectivity index (χ1v) is 12.8. The Kier molecular flexibility index (Phi) is 4.50. The smallest absolute Gasteiger partial charge is 0.276 e. The van der Waals surface area contributed by atoms with E-state index in [-0.39, 0.29) is 36.1 Å². The van der Waals surface area contributed by atoms with E-state index in [0.29, 0.717) is 29.3 Å². The summed E-state index contributed by atoms with van der Waals surface area (Å²) >= 11 is 0. The summed E-state index contributed by atoms with van der Waals surface area (Å²) in [5.41, 5.74) is 2.57. The molecule has 2 bridgehead atoms. The molecule has 4 heterocycles. The summed E-state index contributed by atoms with van der Waals surface area (Å²) in [6.45, 7) is 4.24. The fraction of sp³-hybridized carbons (Fsp3) is 0.538. The Bertz CT molecular complexity index is 1340. The van der Waals surface area contributed by atoms with Gasteiger partial charge in [0.2, 0.25) is 11.8 Å². The minimum Gasteiger partial charge on any atom is -0.336 e. The summed E-state index contributed by atoms with van der Waals surface area (Å²) in [7, 11) is 0. The maximum absolute atomic E-state index is 13.3. The number of benzene rings is 1. The quantitative estimate of drug-likeness (QED) is 0.655. The first-order chi connectivity index (χ1) is 17.3. The van der Waals surface area contributed by atoms with E-state index < -0.39 is 11.9 Å². The zero-order chi connectivity index (χ0) is 24.8. The molecule has 2 saturated heterocycles. The number of fused-ring (bicyclic) bond motifs is 6. The van der Waals surface area contributed by atoms with Crippen LogP contribution in [0.4, 0.5) is 0 Å². The van der Waals surface area contributed by atoms with Crippen LogP contribution in [0, 0.1) is 23.2 Å². The number of nitrogens with one attached hydrogen (secondary N) is 1. The zero-order valence-corrected chi connectivity index (χ0v) is 20.1. The third-order valence-electron chi connectivity index (χ3n) is 9.54. The van der Waals surface area contributed by atoms with Crippen molar-refractivity contribution in [2.24, 2.45) is 23.2 Å². The van der Waals surface area contributed by atoms with E-state index in [1.165, 1.54) is 24.2 Å². The molecule has 5 aliphatic rings. The summed E-state index contributed by atoms with van der Waals surface area (Å²) in [5, 5.41) is 10.7. The molecule has 186 valence electrons. The van der Waals surface area contributed by atoms with Gasteiger partial charge in [0.1, 0.15) is 6.04 Å². The van der Waals surface area contributed by atoms with E-state index in [2.05, 4.69) is 22.6 Å². The van der Waals surface area contributed by atoms with Crippen molar-refractivity contribution in [1.29, 1.82) is 0 Å². The number of piperidine rings is 1. The molecule has 4 amide bonds. The minimum atomic E-state index is -0.654. The van der Waals surface area contributed by atoms with E-state index in [4.69, 9.17) is 0 Å². The molecule has 2 saturated carbocycles. The average molecular weight is 489 g/mol. The summed E-state index contributed by atoms with van der Waals surface area (Å²) in [6, 6.07) is 4.69. The molecule has 2 aliphatic carbocycles. The molecule has 1 unspecified atom stereocenters. The lowest BCUT2D eigenvalue weighted by Crippen LogP contribution is -2.52. The fourth-order valence-electron chi connectivity index (χ4n) is 7.65. The van der Waals surface area contributed by atoms with Crippen molar-refractivity contribution in [2.45, 2.75) is 51.6 Å². The van der Waals surface area contributed by atoms with Gasteiger partial charge >= 0.3 is 0 Å². The minimum absolute atomic E-state index is 0.0726. The van der Waals surface area contributed by atoms with Crippen LogP contribution in [0.2, 0.25) is 0 Å². The van der Waals surface area contributed by atoms with Gasteiger partial charge in [-0.15, -0.1) is 5.10 Å². The van der Waals surface area contributed by atoms with Crippen molar-refractivity contribution in [3.8, 4) is 5.69 Å². The summed E-state index contributed by atoms with van der Waals surface area (Å²) in [4.78, 5) is 53.5. The van der Waals surface area contributed by atoms with Crippen molar-refractivity contribution in [2.75, 3.05) is 13.1 Å². The number of likely N-dealkylation sites (tertiary alicyclic amines) is 1. The highest BCUT2D eigenvalue weighted by atomic mass is 16.2. The molecule has 1 aromatic heterocycles. The molecular weight excluding hydrogens is 460 g/mol. The Labute approximate surface area is 208 Å². The van der Waals surface area contributed by atoms with Crippen molar-refractivity contribution < 1.29 is 19.2 Å². The van der Waals surface area contributed by atoms with Crippen LogP contribution in [0.3, 0.4) is 0 Å². The van der Waals surface area contributed by atoms with Gasteiger partial charge in [-0.25, -0.2) is 4.68 Å². The number of nitrogens with zero attached hydrogens (tertiary/aromatic N) is 5. The average Bonchev–Trinajstić information content (AvgIpc) is 3.66. The molecule has 1 N–H and O–H groups in total. The number of aromatic nitrogens is 3. The monoisotopic (exact) mass is 488 g/mol. The van der Waals surface area contributed by atoms with E-state index >= 15 is 0 Å². The molecular formula is C26H28N6O4. The lowest BCUT2D eigenvalue weighted by atomic mass is 9.70. The Hall–Kier alpha value is -3.56. The van der Waals surface area contributed by atoms with Crippen molar-refractivity contribution >= 4 is 23.6 Å². The highest BCUT2D eigenvalue weighted by Crippen LogP contribution is 2.62. The second kappa shape index (κ2) is 7.47. The topological polar surface area (TPSA) is 118 Å². The van der Waals surface area contributed by atoms with Gasteiger partial charge in [-0.1, -0.05) is 12.1 Å². The van der Waals surface area contributed by atoms with E-state index in [0.717, 1.165) is 30.5 Å². The highest BCUT2D eigenvalue weighted by molar-refractivity contribution is 6.05. The standard InChI is InChI=1S/C26H28N6O4/c1-26-13-30(11-19(26)14-2-3-16(26)8-14)25(36)20-12-32(29-28-20)17-4-5-18-15(9-17)10-31(24(18)35)21-6-7-22(33)27-23(21)34/h4-5,9,12,14,16,19,21H,2-3,6-8,10-11,13H2,1H3,(H,27,33,34)/t14-,16+,19-,21?,26+/m0/s1. The number of carbonyl (C=O) groups excluding carboxylic acids is 4. The molecule has 10 nitrogen and oxygen atoms in total. The predicted molar refractivity (Wildman–Crippen MR) is 126 cm³/mol. The number of hydrogen-bond acceptors (Lipinski definition) is 6. The molecule has 7 rings (SSSR count). The normalized spacial score (nSPS) is 32.8. The molecule has 3 aliphatic heterocycles. The second-order valence-electron chi connectivity index (χ2n) is 11.4. The molecule has 36 heavy (non-hydrogen) atoms. The van der Waals surface area contributed by atoms with Gasteiger partial charge in [-0.3, -0.25) is 24.5 Å². The molecule has 4 fully saturated rings. The third-order valence-corrected chi connectivity index (χ3v) is 9.54. The van der Waals surface area contributed by atoms with Gasteiger partial charge in [0.25, 0.3) is 11.8 Å². The summed E-state index contributed by atoms with van der Waals surface area (Å²) < 4.78 is 1.56. The van der Waals surface area contributed by atoms with Gasteiger partial charge in [0.15, 0.2) is 5.69 Å². The van der Waals surface area contributed by atoms with Crippen LogP contribution >= 0.6 is 0 Å². The van der Waals surface area contributed by atoms with Crippen LogP contribution in [0.5, 0.6) is 0 Å². The summed E-state index contributed by atoms with van der Waals surface area (Å²) in [5.74, 6) is 1.05. The number of carbonyl (C=O) groups is 4. The molecule has 5 atom stereocenters. The Morgan fingerprint density at radius 2 is 2.03 bits per heavy atom. The van der Waals surface area contributed by atoms with Gasteiger partial charge in [0, 0.05) is 31.6 Å². The highest BCUT2D eigenvalue weighted by Gasteiger charge is 2.60. The zero-order valence-electron chi connectivity index (χ0n) is 20.1. The lowest BCUT2D eigenvalue weighted by Gasteiger charge is -2.34. The predicted octanol–water partition coefficient (Wildman–Crippen LogP) is 1.54. The second-order valence-corrected chi connectivity index (χ2v) is 11.4. The van der Waals surface area contributed by atoms with Crippen LogP contribution in [0.25, 0.3) is 5.69 Å².